The summed E-state index contributed by atoms with van der Waals surface area (Å²) in [4.78, 5) is 17.4. The van der Waals surface area contributed by atoms with E-state index < -0.39 is 0 Å². The number of nitrogens with zero attached hydrogens (tertiary/aromatic N) is 2. The van der Waals surface area contributed by atoms with E-state index in [-0.39, 0.29) is 5.92 Å². The first-order chi connectivity index (χ1) is 11.1. The van der Waals surface area contributed by atoms with E-state index in [0.29, 0.717) is 17.7 Å². The van der Waals surface area contributed by atoms with Crippen LogP contribution < -0.4 is 4.90 Å². The molecule has 23 heavy (non-hydrogen) atoms. The summed E-state index contributed by atoms with van der Waals surface area (Å²) < 4.78 is 0. The predicted molar refractivity (Wildman–Crippen MR) is 93.6 cm³/mol. The fourth-order valence-electron chi connectivity index (χ4n) is 4.55. The first-order valence-electron chi connectivity index (χ1n) is 8.92. The predicted octanol–water partition coefficient (Wildman–Crippen LogP) is 3.16. The van der Waals surface area contributed by atoms with Crippen molar-refractivity contribution in [1.29, 1.82) is 0 Å². The van der Waals surface area contributed by atoms with Crippen LogP contribution in [0, 0.1) is 31.6 Å². The molecule has 3 unspecified atom stereocenters. The average molecular weight is 310 g/mol. The quantitative estimate of drug-likeness (QED) is 0.783. The van der Waals surface area contributed by atoms with Gasteiger partial charge in [0.2, 0.25) is 5.91 Å². The highest BCUT2D eigenvalue weighted by Gasteiger charge is 2.41. The van der Waals surface area contributed by atoms with Gasteiger partial charge in [-0.25, -0.2) is 0 Å². The average Bonchev–Trinajstić information content (AvgIpc) is 3.20. The minimum Gasteiger partial charge on any atom is -0.368 e. The fraction of sp³-hybridized carbons (Fsp3) is 0.550. The van der Waals surface area contributed by atoms with E-state index in [1.165, 1.54) is 23.2 Å². The Bertz CT molecular complexity index is 643. The Balaban J connectivity index is 1.40. The summed E-state index contributed by atoms with van der Waals surface area (Å²) in [5.41, 5.74) is 4.04. The van der Waals surface area contributed by atoms with Crippen LogP contribution in [0.1, 0.15) is 24.0 Å². The molecule has 122 valence electrons. The molecule has 1 saturated heterocycles. The summed E-state index contributed by atoms with van der Waals surface area (Å²) in [7, 11) is 0. The van der Waals surface area contributed by atoms with Gasteiger partial charge in [0.05, 0.1) is 0 Å². The molecule has 0 radical (unpaired) electrons. The molecular weight excluding hydrogens is 284 g/mol. The highest BCUT2D eigenvalue weighted by molar-refractivity contribution is 5.80. The lowest BCUT2D eigenvalue weighted by Crippen LogP contribution is -2.51. The van der Waals surface area contributed by atoms with Gasteiger partial charge in [0.15, 0.2) is 0 Å². The number of hydrogen-bond donors (Lipinski definition) is 0. The molecule has 2 fully saturated rings. The number of piperazine rings is 1. The molecule has 3 atom stereocenters. The summed E-state index contributed by atoms with van der Waals surface area (Å²) in [6, 6.07) is 6.51. The Hall–Kier alpha value is -1.77. The van der Waals surface area contributed by atoms with Crippen LogP contribution in [0.5, 0.6) is 0 Å². The summed E-state index contributed by atoms with van der Waals surface area (Å²) in [5.74, 6) is 1.86. The number of rotatable bonds is 2. The maximum Gasteiger partial charge on any atom is 0.226 e. The number of benzene rings is 1. The molecule has 0 N–H and O–H groups in total. The molecular formula is C20H26N2O. The number of amides is 1. The number of carbonyl (C=O) groups excluding carboxylic acids is 1. The highest BCUT2D eigenvalue weighted by Crippen LogP contribution is 2.44. The second kappa shape index (κ2) is 5.70. The Kier molecular flexibility index (Phi) is 3.67. The Labute approximate surface area is 139 Å². The van der Waals surface area contributed by atoms with Crippen molar-refractivity contribution < 1.29 is 4.79 Å². The maximum absolute atomic E-state index is 12.8. The summed E-state index contributed by atoms with van der Waals surface area (Å²) in [5, 5.41) is 0. The molecule has 1 amide bonds. The molecule has 3 aliphatic rings. The third-order valence-electron chi connectivity index (χ3n) is 6.10. The molecule has 0 aromatic heterocycles. The van der Waals surface area contributed by atoms with E-state index in [2.05, 4.69) is 54.0 Å². The number of anilines is 1. The van der Waals surface area contributed by atoms with Crippen molar-refractivity contribution in [1.82, 2.24) is 4.90 Å². The zero-order valence-corrected chi connectivity index (χ0v) is 14.2. The van der Waals surface area contributed by atoms with Gasteiger partial charge in [-0.2, -0.15) is 0 Å². The van der Waals surface area contributed by atoms with Crippen LogP contribution in [-0.4, -0.2) is 37.0 Å². The lowest BCUT2D eigenvalue weighted by atomic mass is 9.92. The van der Waals surface area contributed by atoms with Crippen molar-refractivity contribution in [3.63, 3.8) is 0 Å². The molecule has 0 spiro atoms. The second-order valence-corrected chi connectivity index (χ2v) is 7.42. The van der Waals surface area contributed by atoms with Gasteiger partial charge in [0.25, 0.3) is 0 Å². The van der Waals surface area contributed by atoms with Gasteiger partial charge in [0, 0.05) is 37.8 Å². The zero-order valence-electron chi connectivity index (χ0n) is 14.2. The second-order valence-electron chi connectivity index (χ2n) is 7.42. The largest absolute Gasteiger partial charge is 0.368 e. The van der Waals surface area contributed by atoms with Gasteiger partial charge in [-0.05, 0) is 55.7 Å². The standard InChI is InChI=1S/C20H26N2O/c1-14-4-3-5-19(15(14)2)21-8-10-22(11-9-21)20(23)18-13-16-6-7-17(18)12-16/h3-7,16-18H,8-13H2,1-2H3. The van der Waals surface area contributed by atoms with Gasteiger partial charge in [-0.15, -0.1) is 0 Å². The third-order valence-corrected chi connectivity index (χ3v) is 6.10. The molecule has 3 nitrogen and oxygen atoms in total. The van der Waals surface area contributed by atoms with Crippen LogP contribution in [0.15, 0.2) is 30.4 Å². The van der Waals surface area contributed by atoms with Crippen LogP contribution in [0.2, 0.25) is 0 Å². The molecule has 1 aromatic rings. The van der Waals surface area contributed by atoms with E-state index >= 15 is 0 Å². The van der Waals surface area contributed by atoms with Gasteiger partial charge in [-0.3, -0.25) is 4.79 Å². The van der Waals surface area contributed by atoms with Crippen LogP contribution in [0.3, 0.4) is 0 Å². The van der Waals surface area contributed by atoms with Crippen molar-refractivity contribution in [2.75, 3.05) is 31.1 Å². The van der Waals surface area contributed by atoms with Crippen molar-refractivity contribution in [2.45, 2.75) is 26.7 Å². The van der Waals surface area contributed by atoms with E-state index in [1.54, 1.807) is 0 Å². The summed E-state index contributed by atoms with van der Waals surface area (Å²) in [6.07, 6.45) is 6.88. The number of carbonyl (C=O) groups is 1. The van der Waals surface area contributed by atoms with Crippen LogP contribution >= 0.6 is 0 Å². The smallest absolute Gasteiger partial charge is 0.226 e. The van der Waals surface area contributed by atoms with Gasteiger partial charge in [0.1, 0.15) is 0 Å². The van der Waals surface area contributed by atoms with Gasteiger partial charge < -0.3 is 9.80 Å². The highest BCUT2D eigenvalue weighted by atomic mass is 16.2. The van der Waals surface area contributed by atoms with E-state index in [9.17, 15) is 4.79 Å². The minimum absolute atomic E-state index is 0.261. The normalized spacial score (nSPS) is 29.4. The Morgan fingerprint density at radius 1 is 1.04 bits per heavy atom. The van der Waals surface area contributed by atoms with Gasteiger partial charge in [-0.1, -0.05) is 24.3 Å². The lowest BCUT2D eigenvalue weighted by Gasteiger charge is -2.38. The number of fused-ring (bicyclic) bond motifs is 2. The Morgan fingerprint density at radius 3 is 2.48 bits per heavy atom. The zero-order chi connectivity index (χ0) is 16.0. The lowest BCUT2D eigenvalue weighted by molar-refractivity contribution is -0.136. The SMILES string of the molecule is Cc1cccc(N2CCN(C(=O)C3CC4C=CC3C4)CC2)c1C. The summed E-state index contributed by atoms with van der Waals surface area (Å²) >= 11 is 0. The topological polar surface area (TPSA) is 23.6 Å². The molecule has 1 saturated carbocycles. The molecule has 3 heteroatoms. The number of allylic oxidation sites excluding steroid dienone is 2. The third kappa shape index (κ3) is 2.56. The van der Waals surface area contributed by atoms with Crippen molar-refractivity contribution in [3.05, 3.63) is 41.5 Å². The number of hydrogen-bond acceptors (Lipinski definition) is 2. The monoisotopic (exact) mass is 310 g/mol. The van der Waals surface area contributed by atoms with Crippen molar-refractivity contribution >= 4 is 11.6 Å². The molecule has 1 aromatic carbocycles. The van der Waals surface area contributed by atoms with Crippen LogP contribution in [0.25, 0.3) is 0 Å². The maximum atomic E-state index is 12.8. The van der Waals surface area contributed by atoms with E-state index in [1.807, 2.05) is 0 Å². The Morgan fingerprint density at radius 2 is 1.83 bits per heavy atom. The van der Waals surface area contributed by atoms with E-state index in [4.69, 9.17) is 0 Å². The molecule has 4 rings (SSSR count). The minimum atomic E-state index is 0.261. The number of aryl methyl sites for hydroxylation is 1. The molecule has 2 bridgehead atoms. The van der Waals surface area contributed by atoms with Crippen molar-refractivity contribution in [3.8, 4) is 0 Å². The molecule has 1 aliphatic heterocycles. The van der Waals surface area contributed by atoms with Crippen molar-refractivity contribution in [2.24, 2.45) is 17.8 Å². The van der Waals surface area contributed by atoms with Crippen LogP contribution in [-0.2, 0) is 4.79 Å². The van der Waals surface area contributed by atoms with E-state index in [0.717, 1.165) is 32.6 Å². The molecule has 1 heterocycles. The fourth-order valence-corrected chi connectivity index (χ4v) is 4.55. The van der Waals surface area contributed by atoms with Crippen LogP contribution in [0.4, 0.5) is 5.69 Å². The first-order valence-corrected chi connectivity index (χ1v) is 8.92. The first kappa shape index (κ1) is 14.8. The van der Waals surface area contributed by atoms with Gasteiger partial charge >= 0.3 is 0 Å². The molecule has 2 aliphatic carbocycles. The summed E-state index contributed by atoms with van der Waals surface area (Å²) in [6.45, 7) is 8.00.